The van der Waals surface area contributed by atoms with Crippen molar-refractivity contribution in [3.63, 3.8) is 0 Å². The summed E-state index contributed by atoms with van der Waals surface area (Å²) >= 11 is 0. The molecule has 2 heterocycles. The normalized spacial score (nSPS) is 16.2. The van der Waals surface area contributed by atoms with Gasteiger partial charge in [-0.15, -0.1) is 0 Å². The minimum Gasteiger partial charge on any atom is -0.480 e. The maximum atomic E-state index is 12.0. The van der Waals surface area contributed by atoms with Gasteiger partial charge in [0.05, 0.1) is 6.26 Å². The van der Waals surface area contributed by atoms with E-state index in [1.807, 2.05) is 18.2 Å². The molecular formula is C17H21N3O5S. The minimum absolute atomic E-state index is 0.127. The van der Waals surface area contributed by atoms with Crippen LogP contribution in [0.5, 0.6) is 0 Å². The van der Waals surface area contributed by atoms with Crippen molar-refractivity contribution in [2.75, 3.05) is 37.3 Å². The molecule has 140 valence electrons. The number of nitrogens with zero attached hydrogens (tertiary/aromatic N) is 3. The van der Waals surface area contributed by atoms with E-state index in [-0.39, 0.29) is 12.3 Å². The van der Waals surface area contributed by atoms with Crippen LogP contribution in [0.2, 0.25) is 0 Å². The molecule has 1 saturated heterocycles. The monoisotopic (exact) mass is 379 g/mol. The molecule has 1 fully saturated rings. The minimum atomic E-state index is -3.19. The highest BCUT2D eigenvalue weighted by Gasteiger charge is 2.24. The number of carbonyl (C=O) groups is 2. The Bertz CT molecular complexity index is 972. The molecule has 0 spiro atoms. The van der Waals surface area contributed by atoms with E-state index < -0.39 is 16.0 Å². The van der Waals surface area contributed by atoms with Crippen LogP contribution in [0.1, 0.15) is 17.3 Å². The van der Waals surface area contributed by atoms with Gasteiger partial charge < -0.3 is 14.6 Å². The molecule has 1 aromatic carbocycles. The summed E-state index contributed by atoms with van der Waals surface area (Å²) in [4.78, 5) is 25.1. The van der Waals surface area contributed by atoms with Gasteiger partial charge in [-0.25, -0.2) is 8.42 Å². The van der Waals surface area contributed by atoms with E-state index >= 15 is 0 Å². The lowest BCUT2D eigenvalue weighted by Crippen LogP contribution is -2.48. The Balaban J connectivity index is 1.93. The molecule has 0 unspecified atom stereocenters. The van der Waals surface area contributed by atoms with Crippen molar-refractivity contribution in [1.82, 2.24) is 8.87 Å². The molecule has 3 rings (SSSR count). The third-order valence-corrected chi connectivity index (χ3v) is 5.93. The van der Waals surface area contributed by atoms with Gasteiger partial charge in [0.2, 0.25) is 10.0 Å². The number of piperazine rings is 1. The van der Waals surface area contributed by atoms with Crippen LogP contribution < -0.4 is 4.90 Å². The number of sulfonamides is 1. The molecule has 2 aromatic rings. The van der Waals surface area contributed by atoms with Crippen molar-refractivity contribution >= 4 is 38.4 Å². The molecule has 0 bridgehead atoms. The largest absolute Gasteiger partial charge is 0.480 e. The van der Waals surface area contributed by atoms with Crippen LogP contribution in [-0.2, 0) is 21.4 Å². The molecule has 1 aromatic heterocycles. The number of anilines is 1. The van der Waals surface area contributed by atoms with Crippen LogP contribution in [-0.4, -0.2) is 66.6 Å². The molecule has 0 radical (unpaired) electrons. The van der Waals surface area contributed by atoms with E-state index in [9.17, 15) is 18.0 Å². The summed E-state index contributed by atoms with van der Waals surface area (Å²) in [6.07, 6.45) is 2.78. The quantitative estimate of drug-likeness (QED) is 0.779. The van der Waals surface area contributed by atoms with Crippen molar-refractivity contribution in [1.29, 1.82) is 0 Å². The molecular weight excluding hydrogens is 358 g/mol. The van der Waals surface area contributed by atoms with E-state index in [0.717, 1.165) is 5.69 Å². The first-order valence-corrected chi connectivity index (χ1v) is 10.1. The lowest BCUT2D eigenvalue weighted by molar-refractivity contribution is -0.137. The average molecular weight is 379 g/mol. The van der Waals surface area contributed by atoms with Gasteiger partial charge in [-0.3, -0.25) is 9.59 Å². The number of rotatable bonds is 5. The van der Waals surface area contributed by atoms with Gasteiger partial charge in [-0.05, 0) is 25.1 Å². The fourth-order valence-corrected chi connectivity index (χ4v) is 4.14. The summed E-state index contributed by atoms with van der Waals surface area (Å²) in [6, 6.07) is 5.56. The molecule has 1 aliphatic rings. The summed E-state index contributed by atoms with van der Waals surface area (Å²) in [6.45, 7) is 3.19. The van der Waals surface area contributed by atoms with Gasteiger partial charge in [0.15, 0.2) is 5.78 Å². The Morgan fingerprint density at radius 3 is 2.35 bits per heavy atom. The Morgan fingerprint density at radius 1 is 1.15 bits per heavy atom. The number of ketones is 1. The number of benzene rings is 1. The number of fused-ring (bicyclic) bond motifs is 1. The molecule has 1 N–H and O–H groups in total. The zero-order valence-electron chi connectivity index (χ0n) is 14.7. The number of carbonyl (C=O) groups excluding carboxylic acids is 1. The van der Waals surface area contributed by atoms with Gasteiger partial charge >= 0.3 is 5.97 Å². The second-order valence-electron chi connectivity index (χ2n) is 6.47. The number of aromatic nitrogens is 1. The van der Waals surface area contributed by atoms with E-state index in [2.05, 4.69) is 4.90 Å². The van der Waals surface area contributed by atoms with Crippen molar-refractivity contribution in [3.05, 3.63) is 30.0 Å². The maximum Gasteiger partial charge on any atom is 0.323 e. The highest BCUT2D eigenvalue weighted by molar-refractivity contribution is 7.88. The van der Waals surface area contributed by atoms with Crippen molar-refractivity contribution in [2.45, 2.75) is 13.5 Å². The smallest absolute Gasteiger partial charge is 0.323 e. The predicted octanol–water partition coefficient (Wildman–Crippen LogP) is 1.01. The summed E-state index contributed by atoms with van der Waals surface area (Å²) < 4.78 is 26.3. The molecule has 9 heteroatoms. The summed E-state index contributed by atoms with van der Waals surface area (Å²) in [5.74, 6) is -1.10. The van der Waals surface area contributed by atoms with Crippen LogP contribution in [0.3, 0.4) is 0 Å². The zero-order valence-corrected chi connectivity index (χ0v) is 15.5. The molecule has 0 atom stereocenters. The van der Waals surface area contributed by atoms with E-state index in [4.69, 9.17) is 5.11 Å². The van der Waals surface area contributed by atoms with Crippen LogP contribution in [0.4, 0.5) is 5.69 Å². The van der Waals surface area contributed by atoms with E-state index in [1.54, 1.807) is 10.8 Å². The highest BCUT2D eigenvalue weighted by atomic mass is 32.2. The predicted molar refractivity (Wildman–Crippen MR) is 98.2 cm³/mol. The number of carboxylic acids is 1. The molecule has 0 amide bonds. The standard InChI is InChI=1S/C17H21N3O5S/c1-12(21)15-10-19(11-17(22)23)16-4-3-13(9-14(15)16)18-5-7-20(8-6-18)26(2,24)25/h3-4,9-10H,5-8,11H2,1-2H3,(H,22,23). The van der Waals surface area contributed by atoms with Gasteiger partial charge in [0.1, 0.15) is 6.54 Å². The number of carboxylic acid groups (broad SMARTS) is 1. The third kappa shape index (κ3) is 3.58. The number of hydrogen-bond acceptors (Lipinski definition) is 5. The molecule has 0 aliphatic carbocycles. The SMILES string of the molecule is CC(=O)c1cn(CC(=O)O)c2ccc(N3CCN(S(C)(=O)=O)CC3)cc12. The second-order valence-corrected chi connectivity index (χ2v) is 8.45. The fraction of sp³-hybridized carbons (Fsp3) is 0.412. The maximum absolute atomic E-state index is 12.0. The molecule has 1 aliphatic heterocycles. The van der Waals surface area contributed by atoms with Gasteiger partial charge in [-0.2, -0.15) is 4.31 Å². The third-order valence-electron chi connectivity index (χ3n) is 4.62. The first-order chi connectivity index (χ1) is 12.2. The lowest BCUT2D eigenvalue weighted by atomic mass is 10.1. The molecule has 0 saturated carbocycles. The van der Waals surface area contributed by atoms with Crippen molar-refractivity contribution in [3.8, 4) is 0 Å². The van der Waals surface area contributed by atoms with Gasteiger partial charge in [0.25, 0.3) is 0 Å². The molecule has 8 nitrogen and oxygen atoms in total. The lowest BCUT2D eigenvalue weighted by Gasteiger charge is -2.34. The summed E-state index contributed by atoms with van der Waals surface area (Å²) in [5.41, 5.74) is 2.07. The Hall–Kier alpha value is -2.39. The summed E-state index contributed by atoms with van der Waals surface area (Å²) in [5, 5.41) is 9.77. The van der Waals surface area contributed by atoms with Crippen LogP contribution >= 0.6 is 0 Å². The first kappa shape index (κ1) is 18.4. The Morgan fingerprint density at radius 2 is 1.81 bits per heavy atom. The number of hydrogen-bond donors (Lipinski definition) is 1. The molecule has 26 heavy (non-hydrogen) atoms. The zero-order chi connectivity index (χ0) is 19.1. The Labute approximate surface area is 151 Å². The van der Waals surface area contributed by atoms with Crippen LogP contribution in [0.25, 0.3) is 10.9 Å². The Kier molecular flexibility index (Phi) is 4.76. The van der Waals surface area contributed by atoms with Crippen molar-refractivity contribution < 1.29 is 23.1 Å². The van der Waals surface area contributed by atoms with E-state index in [1.165, 1.54) is 17.5 Å². The first-order valence-electron chi connectivity index (χ1n) is 8.22. The highest BCUT2D eigenvalue weighted by Crippen LogP contribution is 2.28. The number of aliphatic carboxylic acids is 1. The average Bonchev–Trinajstić information content (AvgIpc) is 2.92. The van der Waals surface area contributed by atoms with Crippen LogP contribution in [0, 0.1) is 0 Å². The second kappa shape index (κ2) is 6.73. The van der Waals surface area contributed by atoms with E-state index in [0.29, 0.717) is 42.6 Å². The summed E-state index contributed by atoms with van der Waals surface area (Å²) in [7, 11) is -3.19. The fourth-order valence-electron chi connectivity index (χ4n) is 3.32. The topological polar surface area (TPSA) is 99.9 Å². The van der Waals surface area contributed by atoms with Gasteiger partial charge in [0, 0.05) is 54.5 Å². The van der Waals surface area contributed by atoms with Crippen LogP contribution in [0.15, 0.2) is 24.4 Å². The van der Waals surface area contributed by atoms with Crippen molar-refractivity contribution in [2.24, 2.45) is 0 Å². The van der Waals surface area contributed by atoms with Gasteiger partial charge in [-0.1, -0.05) is 0 Å². The number of Topliss-reactive ketones (excluding diaryl/α,β-unsaturated/α-hetero) is 1.